The van der Waals surface area contributed by atoms with Crippen molar-refractivity contribution in [2.24, 2.45) is 0 Å². The van der Waals surface area contributed by atoms with Gasteiger partial charge >= 0.3 is 6.18 Å². The fourth-order valence-corrected chi connectivity index (χ4v) is 2.78. The molecule has 0 nitrogen and oxygen atoms in total. The zero-order valence-electron chi connectivity index (χ0n) is 14.2. The summed E-state index contributed by atoms with van der Waals surface area (Å²) in [6.07, 6.45) is 3.54. The molecule has 3 heteroatoms. The van der Waals surface area contributed by atoms with Gasteiger partial charge in [-0.15, -0.1) is 0 Å². The lowest BCUT2D eigenvalue weighted by molar-refractivity contribution is -0.137. The molecule has 0 unspecified atom stereocenters. The Morgan fingerprint density at radius 2 is 1.08 bits per heavy atom. The minimum Gasteiger partial charge on any atom is -0.166 e. The van der Waals surface area contributed by atoms with Crippen LogP contribution in [-0.2, 0) is 25.4 Å². The van der Waals surface area contributed by atoms with Crippen LogP contribution >= 0.6 is 0 Å². The maximum absolute atomic E-state index is 12.5. The highest BCUT2D eigenvalue weighted by Gasteiger charge is 2.29. The lowest BCUT2D eigenvalue weighted by Gasteiger charge is -2.08. The van der Waals surface area contributed by atoms with E-state index in [1.54, 1.807) is 12.1 Å². The van der Waals surface area contributed by atoms with Crippen LogP contribution in [0.1, 0.15) is 54.9 Å². The molecule has 24 heavy (non-hydrogen) atoms. The van der Waals surface area contributed by atoms with Crippen LogP contribution in [0.4, 0.5) is 13.2 Å². The lowest BCUT2D eigenvalue weighted by atomic mass is 10.0. The molecule has 0 heterocycles. The van der Waals surface area contributed by atoms with Gasteiger partial charge in [-0.05, 0) is 54.5 Å². The van der Waals surface area contributed by atoms with E-state index in [1.165, 1.54) is 36.8 Å². The molecule has 2 aromatic carbocycles. The van der Waals surface area contributed by atoms with Gasteiger partial charge in [0.05, 0.1) is 5.56 Å². The van der Waals surface area contributed by atoms with Crippen molar-refractivity contribution >= 4 is 0 Å². The standard InChI is InChI=1S/C21H25F3/c1-2-3-4-5-6-17-7-9-18(10-8-17)11-12-19-13-15-20(16-14-19)21(22,23)24/h7-10,13-16H,2-6,11-12H2,1H3. The average molecular weight is 334 g/mol. The molecule has 0 amide bonds. The van der Waals surface area contributed by atoms with Crippen molar-refractivity contribution in [3.05, 3.63) is 70.8 Å². The highest BCUT2D eigenvalue weighted by atomic mass is 19.4. The van der Waals surface area contributed by atoms with Gasteiger partial charge in [0.25, 0.3) is 0 Å². The summed E-state index contributed by atoms with van der Waals surface area (Å²) >= 11 is 0. The third-order valence-electron chi connectivity index (χ3n) is 4.33. The van der Waals surface area contributed by atoms with E-state index in [1.807, 2.05) is 0 Å². The number of rotatable bonds is 8. The summed E-state index contributed by atoms with van der Waals surface area (Å²) in [4.78, 5) is 0. The van der Waals surface area contributed by atoms with Crippen LogP contribution in [0.25, 0.3) is 0 Å². The van der Waals surface area contributed by atoms with E-state index in [0.717, 1.165) is 37.0 Å². The van der Waals surface area contributed by atoms with E-state index in [9.17, 15) is 13.2 Å². The van der Waals surface area contributed by atoms with Crippen LogP contribution in [0.2, 0.25) is 0 Å². The first kappa shape index (κ1) is 18.6. The fourth-order valence-electron chi connectivity index (χ4n) is 2.78. The molecule has 2 aromatic rings. The monoisotopic (exact) mass is 334 g/mol. The SMILES string of the molecule is CCCCCCc1ccc(CCc2ccc(C(F)(F)F)cc2)cc1. The van der Waals surface area contributed by atoms with Gasteiger partial charge < -0.3 is 0 Å². The van der Waals surface area contributed by atoms with Crippen molar-refractivity contribution in [3.8, 4) is 0 Å². The molecule has 0 N–H and O–H groups in total. The molecule has 0 spiro atoms. The third-order valence-corrected chi connectivity index (χ3v) is 4.33. The van der Waals surface area contributed by atoms with E-state index in [-0.39, 0.29) is 0 Å². The topological polar surface area (TPSA) is 0 Å². The molecule has 0 fully saturated rings. The molecular formula is C21H25F3. The summed E-state index contributed by atoms with van der Waals surface area (Å²) in [5.74, 6) is 0. The molecule has 0 aliphatic heterocycles. The van der Waals surface area contributed by atoms with E-state index < -0.39 is 11.7 Å². The Bertz CT molecular complexity index is 594. The lowest BCUT2D eigenvalue weighted by Crippen LogP contribution is -2.04. The van der Waals surface area contributed by atoms with Crippen LogP contribution in [0, 0.1) is 0 Å². The molecule has 0 saturated heterocycles. The molecule has 0 aliphatic carbocycles. The van der Waals surface area contributed by atoms with E-state index >= 15 is 0 Å². The first-order chi connectivity index (χ1) is 11.5. The molecule has 0 radical (unpaired) electrons. The smallest absolute Gasteiger partial charge is 0.166 e. The number of benzene rings is 2. The summed E-state index contributed by atoms with van der Waals surface area (Å²) in [5, 5.41) is 0. The molecule has 0 aromatic heterocycles. The van der Waals surface area contributed by atoms with Crippen LogP contribution < -0.4 is 0 Å². The summed E-state index contributed by atoms with van der Waals surface area (Å²) < 4.78 is 37.6. The zero-order valence-corrected chi connectivity index (χ0v) is 14.2. The number of unbranched alkanes of at least 4 members (excludes halogenated alkanes) is 3. The van der Waals surface area contributed by atoms with Gasteiger partial charge in [-0.3, -0.25) is 0 Å². The van der Waals surface area contributed by atoms with Crippen molar-refractivity contribution in [1.82, 2.24) is 0 Å². The number of aryl methyl sites for hydroxylation is 3. The molecule has 130 valence electrons. The molecule has 0 saturated carbocycles. The second kappa shape index (κ2) is 8.91. The Morgan fingerprint density at radius 3 is 1.54 bits per heavy atom. The van der Waals surface area contributed by atoms with Crippen LogP contribution in [-0.4, -0.2) is 0 Å². The van der Waals surface area contributed by atoms with E-state index in [4.69, 9.17) is 0 Å². The Hall–Kier alpha value is -1.77. The van der Waals surface area contributed by atoms with Gasteiger partial charge in [0.15, 0.2) is 0 Å². The van der Waals surface area contributed by atoms with Crippen molar-refractivity contribution < 1.29 is 13.2 Å². The fraction of sp³-hybridized carbons (Fsp3) is 0.429. The first-order valence-electron chi connectivity index (χ1n) is 8.73. The summed E-state index contributed by atoms with van der Waals surface area (Å²) in [6.45, 7) is 2.21. The van der Waals surface area contributed by atoms with Gasteiger partial charge in [0, 0.05) is 0 Å². The summed E-state index contributed by atoms with van der Waals surface area (Å²) in [6, 6.07) is 14.1. The first-order valence-corrected chi connectivity index (χ1v) is 8.73. The maximum atomic E-state index is 12.5. The van der Waals surface area contributed by atoms with Crippen molar-refractivity contribution in [1.29, 1.82) is 0 Å². The molecular weight excluding hydrogens is 309 g/mol. The Balaban J connectivity index is 1.81. The van der Waals surface area contributed by atoms with Gasteiger partial charge in [0.1, 0.15) is 0 Å². The Kier molecular flexibility index (Phi) is 6.89. The minimum absolute atomic E-state index is 0.585. The van der Waals surface area contributed by atoms with Crippen LogP contribution in [0.5, 0.6) is 0 Å². The summed E-state index contributed by atoms with van der Waals surface area (Å²) in [7, 11) is 0. The Labute approximate surface area is 142 Å². The maximum Gasteiger partial charge on any atom is 0.416 e. The molecule has 0 bridgehead atoms. The van der Waals surface area contributed by atoms with Crippen molar-refractivity contribution in [3.63, 3.8) is 0 Å². The number of alkyl halides is 3. The second-order valence-electron chi connectivity index (χ2n) is 6.32. The molecule has 0 atom stereocenters. The predicted octanol–water partition coefficient (Wildman–Crippen LogP) is 6.61. The molecule has 0 aliphatic rings. The van der Waals surface area contributed by atoms with Gasteiger partial charge in [-0.2, -0.15) is 13.2 Å². The van der Waals surface area contributed by atoms with E-state index in [0.29, 0.717) is 0 Å². The number of hydrogen-bond acceptors (Lipinski definition) is 0. The average Bonchev–Trinajstić information content (AvgIpc) is 2.57. The van der Waals surface area contributed by atoms with Gasteiger partial charge in [-0.1, -0.05) is 62.6 Å². The normalized spacial score (nSPS) is 11.7. The largest absolute Gasteiger partial charge is 0.416 e. The quantitative estimate of drug-likeness (QED) is 0.476. The number of halogens is 3. The van der Waals surface area contributed by atoms with Crippen LogP contribution in [0.15, 0.2) is 48.5 Å². The van der Waals surface area contributed by atoms with Crippen LogP contribution in [0.3, 0.4) is 0 Å². The van der Waals surface area contributed by atoms with E-state index in [2.05, 4.69) is 31.2 Å². The van der Waals surface area contributed by atoms with Gasteiger partial charge in [-0.25, -0.2) is 0 Å². The van der Waals surface area contributed by atoms with Crippen molar-refractivity contribution in [2.75, 3.05) is 0 Å². The zero-order chi connectivity index (χ0) is 17.4. The Morgan fingerprint density at radius 1 is 0.625 bits per heavy atom. The van der Waals surface area contributed by atoms with Crippen molar-refractivity contribution in [2.45, 2.75) is 58.0 Å². The third kappa shape index (κ3) is 6.03. The number of hydrogen-bond donors (Lipinski definition) is 0. The highest BCUT2D eigenvalue weighted by Crippen LogP contribution is 2.29. The summed E-state index contributed by atoms with van der Waals surface area (Å²) in [5.41, 5.74) is 2.95. The highest BCUT2D eigenvalue weighted by molar-refractivity contribution is 5.27. The predicted molar refractivity (Wildman–Crippen MR) is 93.1 cm³/mol. The second-order valence-corrected chi connectivity index (χ2v) is 6.32. The van der Waals surface area contributed by atoms with Gasteiger partial charge in [0.2, 0.25) is 0 Å². The minimum atomic E-state index is -4.26. The molecule has 2 rings (SSSR count).